The molecule has 0 unspecified atom stereocenters. The number of aryl methyl sites for hydroxylation is 3. The van der Waals surface area contributed by atoms with Gasteiger partial charge >= 0.3 is 0 Å². The maximum absolute atomic E-state index is 5.40. The van der Waals surface area contributed by atoms with Crippen molar-refractivity contribution in [1.29, 1.82) is 0 Å². The highest BCUT2D eigenvalue weighted by Crippen LogP contribution is 2.17. The number of hydrogen-bond acceptors (Lipinski definition) is 3. The van der Waals surface area contributed by atoms with E-state index in [1.807, 2.05) is 0 Å². The minimum Gasteiger partial charge on any atom is -0.330 e. The molecule has 0 aliphatic heterocycles. The molecule has 1 aromatic rings. The molecule has 1 aromatic heterocycles. The van der Waals surface area contributed by atoms with Crippen molar-refractivity contribution in [2.24, 2.45) is 5.73 Å². The molecule has 2 N–H and O–H groups in total. The van der Waals surface area contributed by atoms with Gasteiger partial charge in [0.2, 0.25) is 0 Å². The van der Waals surface area contributed by atoms with Crippen LogP contribution in [0.4, 0.5) is 0 Å². The summed E-state index contributed by atoms with van der Waals surface area (Å²) in [5.74, 6) is 0. The molecular weight excluding hydrogens is 227 g/mol. The highest BCUT2D eigenvalue weighted by Gasteiger charge is 2.01. The Hall–Kier alpha value is 0.170. The van der Waals surface area contributed by atoms with Crippen LogP contribution in [-0.2, 0) is 6.42 Å². The summed E-state index contributed by atoms with van der Waals surface area (Å²) >= 11 is 1.79. The topological polar surface area (TPSA) is 38.9 Å². The van der Waals surface area contributed by atoms with E-state index in [9.17, 15) is 0 Å². The second kappa shape index (κ2) is 7.56. The van der Waals surface area contributed by atoms with Crippen molar-refractivity contribution in [1.82, 2.24) is 4.98 Å². The van der Waals surface area contributed by atoms with E-state index in [0.29, 0.717) is 0 Å². The third kappa shape index (κ3) is 4.81. The molecule has 0 fully saturated rings. The Morgan fingerprint density at radius 3 is 2.31 bits per heavy atom. The minimum absolute atomic E-state index is 0. The van der Waals surface area contributed by atoms with Gasteiger partial charge in [0.25, 0.3) is 0 Å². The number of halogens is 2. The van der Waals surface area contributed by atoms with Crippen molar-refractivity contribution < 1.29 is 0 Å². The smallest absolute Gasteiger partial charge is 0.0931 e. The number of thiazole rings is 1. The van der Waals surface area contributed by atoms with Crippen LogP contribution in [0.2, 0.25) is 0 Å². The lowest BCUT2D eigenvalue weighted by Gasteiger charge is -1.90. The van der Waals surface area contributed by atoms with E-state index >= 15 is 0 Å². The van der Waals surface area contributed by atoms with E-state index in [1.54, 1.807) is 11.3 Å². The third-order valence-electron chi connectivity index (χ3n) is 1.67. The zero-order valence-electron chi connectivity index (χ0n) is 7.87. The van der Waals surface area contributed by atoms with Gasteiger partial charge in [-0.2, -0.15) is 0 Å². The molecule has 0 aliphatic carbocycles. The van der Waals surface area contributed by atoms with E-state index in [-0.39, 0.29) is 24.8 Å². The highest BCUT2D eigenvalue weighted by molar-refractivity contribution is 7.11. The van der Waals surface area contributed by atoms with Gasteiger partial charge in [-0.05, 0) is 26.8 Å². The van der Waals surface area contributed by atoms with Gasteiger partial charge in [0, 0.05) is 11.3 Å². The summed E-state index contributed by atoms with van der Waals surface area (Å²) in [6, 6.07) is 0. The number of nitrogens with zero attached hydrogens (tertiary/aromatic N) is 1. The summed E-state index contributed by atoms with van der Waals surface area (Å²) in [5, 5.41) is 1.23. The summed E-state index contributed by atoms with van der Waals surface area (Å²) in [5.41, 5.74) is 6.57. The van der Waals surface area contributed by atoms with E-state index in [0.717, 1.165) is 19.4 Å². The van der Waals surface area contributed by atoms with Crippen molar-refractivity contribution in [2.75, 3.05) is 6.54 Å². The summed E-state index contributed by atoms with van der Waals surface area (Å²) in [6.07, 6.45) is 2.09. The van der Waals surface area contributed by atoms with Crippen molar-refractivity contribution in [3.8, 4) is 0 Å². The fourth-order valence-corrected chi connectivity index (χ4v) is 1.88. The summed E-state index contributed by atoms with van der Waals surface area (Å²) < 4.78 is 0. The Morgan fingerprint density at radius 1 is 1.31 bits per heavy atom. The SMILES string of the molecule is Cc1nc(CCCN)sc1C.Cl.Cl. The molecule has 0 radical (unpaired) electrons. The van der Waals surface area contributed by atoms with Crippen LogP contribution in [0.3, 0.4) is 0 Å². The Labute approximate surface area is 95.8 Å². The van der Waals surface area contributed by atoms with Crippen LogP contribution < -0.4 is 5.73 Å². The quantitative estimate of drug-likeness (QED) is 0.885. The van der Waals surface area contributed by atoms with Crippen molar-refractivity contribution in [2.45, 2.75) is 26.7 Å². The van der Waals surface area contributed by atoms with Crippen molar-refractivity contribution in [3.05, 3.63) is 15.6 Å². The molecule has 0 saturated carbocycles. The number of rotatable bonds is 3. The lowest BCUT2D eigenvalue weighted by Crippen LogP contribution is -1.99. The van der Waals surface area contributed by atoms with Gasteiger partial charge in [-0.25, -0.2) is 4.98 Å². The molecule has 0 atom stereocenters. The number of hydrogen-bond donors (Lipinski definition) is 1. The molecule has 78 valence electrons. The molecule has 1 heterocycles. The highest BCUT2D eigenvalue weighted by atomic mass is 35.5. The van der Waals surface area contributed by atoms with E-state index in [2.05, 4.69) is 18.8 Å². The van der Waals surface area contributed by atoms with E-state index < -0.39 is 0 Å². The van der Waals surface area contributed by atoms with Crippen molar-refractivity contribution >= 4 is 36.2 Å². The maximum Gasteiger partial charge on any atom is 0.0931 e. The second-order valence-electron chi connectivity index (χ2n) is 2.64. The summed E-state index contributed by atoms with van der Waals surface area (Å²) in [4.78, 5) is 5.74. The Morgan fingerprint density at radius 2 is 1.92 bits per heavy atom. The van der Waals surface area contributed by atoms with Gasteiger partial charge < -0.3 is 5.73 Å². The predicted octanol–water partition coefficient (Wildman–Crippen LogP) is 2.49. The minimum atomic E-state index is 0. The predicted molar refractivity (Wildman–Crippen MR) is 63.5 cm³/mol. The van der Waals surface area contributed by atoms with Gasteiger partial charge in [0.05, 0.1) is 10.7 Å². The largest absolute Gasteiger partial charge is 0.330 e. The summed E-state index contributed by atoms with van der Waals surface area (Å²) in [7, 11) is 0. The van der Waals surface area contributed by atoms with Gasteiger partial charge in [0.15, 0.2) is 0 Å². The normalized spacial score (nSPS) is 8.85. The molecule has 0 aromatic carbocycles. The Kier molecular flexibility index (Phi) is 9.09. The molecular formula is C8H16Cl2N2S. The van der Waals surface area contributed by atoms with Gasteiger partial charge in [-0.15, -0.1) is 36.2 Å². The lowest BCUT2D eigenvalue weighted by atomic mass is 10.3. The average molecular weight is 243 g/mol. The monoisotopic (exact) mass is 242 g/mol. The van der Waals surface area contributed by atoms with Crippen molar-refractivity contribution in [3.63, 3.8) is 0 Å². The molecule has 1 rings (SSSR count). The van der Waals surface area contributed by atoms with E-state index in [1.165, 1.54) is 15.6 Å². The van der Waals surface area contributed by atoms with Gasteiger partial charge in [-0.3, -0.25) is 0 Å². The summed E-state index contributed by atoms with van der Waals surface area (Å²) in [6.45, 7) is 4.93. The lowest BCUT2D eigenvalue weighted by molar-refractivity contribution is 0.823. The van der Waals surface area contributed by atoms with Crippen LogP contribution in [0.1, 0.15) is 22.0 Å². The Bertz CT molecular complexity index is 219. The van der Waals surface area contributed by atoms with Crippen LogP contribution in [-0.4, -0.2) is 11.5 Å². The average Bonchev–Trinajstić information content (AvgIpc) is 2.28. The molecule has 5 heteroatoms. The molecule has 0 bridgehead atoms. The van der Waals surface area contributed by atoms with Crippen LogP contribution in [0.15, 0.2) is 0 Å². The molecule has 0 amide bonds. The third-order valence-corrected chi connectivity index (χ3v) is 2.80. The van der Waals surface area contributed by atoms with Gasteiger partial charge in [0.1, 0.15) is 0 Å². The van der Waals surface area contributed by atoms with Gasteiger partial charge in [-0.1, -0.05) is 0 Å². The zero-order valence-corrected chi connectivity index (χ0v) is 10.3. The molecule has 0 saturated heterocycles. The molecule has 2 nitrogen and oxygen atoms in total. The first-order valence-electron chi connectivity index (χ1n) is 3.87. The molecule has 13 heavy (non-hydrogen) atoms. The standard InChI is InChI=1S/C8H14N2S.2ClH/c1-6-7(2)11-8(10-6)4-3-5-9;;/h3-5,9H2,1-2H3;2*1H. The zero-order chi connectivity index (χ0) is 8.27. The van der Waals surface area contributed by atoms with E-state index in [4.69, 9.17) is 5.73 Å². The molecule has 0 aliphatic rings. The Balaban J connectivity index is 0. The van der Waals surface area contributed by atoms with Crippen LogP contribution in [0.5, 0.6) is 0 Å². The second-order valence-corrected chi connectivity index (χ2v) is 3.93. The first-order chi connectivity index (χ1) is 5.24. The first-order valence-corrected chi connectivity index (χ1v) is 4.68. The number of nitrogens with two attached hydrogens (primary N) is 1. The van der Waals surface area contributed by atoms with Crippen LogP contribution in [0, 0.1) is 13.8 Å². The van der Waals surface area contributed by atoms with Crippen LogP contribution in [0.25, 0.3) is 0 Å². The fourth-order valence-electron chi connectivity index (χ4n) is 0.899. The number of aromatic nitrogens is 1. The van der Waals surface area contributed by atoms with Crippen LogP contribution >= 0.6 is 36.2 Å². The maximum atomic E-state index is 5.40. The fraction of sp³-hybridized carbons (Fsp3) is 0.625. The first kappa shape index (κ1) is 15.6. The molecule has 0 spiro atoms.